The summed E-state index contributed by atoms with van der Waals surface area (Å²) in [5.74, 6) is 0.790. The quantitative estimate of drug-likeness (QED) is 0.574. The first-order chi connectivity index (χ1) is 12.5. The van der Waals surface area contributed by atoms with E-state index in [1.165, 1.54) is 11.1 Å². The van der Waals surface area contributed by atoms with Crippen molar-refractivity contribution >= 4 is 5.96 Å². The van der Waals surface area contributed by atoms with Gasteiger partial charge in [-0.3, -0.25) is 9.89 Å². The molecule has 6 heteroatoms. The van der Waals surface area contributed by atoms with Crippen molar-refractivity contribution in [2.24, 2.45) is 4.99 Å². The first-order valence-electron chi connectivity index (χ1n) is 9.42. The molecule has 0 aromatic heterocycles. The van der Waals surface area contributed by atoms with Crippen LogP contribution in [0.3, 0.4) is 0 Å². The average Bonchev–Trinajstić information content (AvgIpc) is 2.59. The number of morpholine rings is 1. The van der Waals surface area contributed by atoms with E-state index in [2.05, 4.69) is 65.6 Å². The predicted molar refractivity (Wildman–Crippen MR) is 106 cm³/mol. The molecule has 1 aliphatic rings. The highest BCUT2D eigenvalue weighted by atomic mass is 16.5. The molecule has 1 aliphatic heterocycles. The topological polar surface area (TPSA) is 58.1 Å². The summed E-state index contributed by atoms with van der Waals surface area (Å²) >= 11 is 0. The molecular formula is C20H34N4O2. The fourth-order valence-electron chi connectivity index (χ4n) is 3.44. The molecule has 0 spiro atoms. The van der Waals surface area contributed by atoms with Crippen LogP contribution >= 0.6 is 0 Å². The van der Waals surface area contributed by atoms with Gasteiger partial charge in [-0.05, 0) is 31.9 Å². The molecule has 1 aromatic rings. The zero-order valence-electron chi connectivity index (χ0n) is 16.8. The van der Waals surface area contributed by atoms with Crippen LogP contribution in [0, 0.1) is 0 Å². The Morgan fingerprint density at radius 2 is 1.92 bits per heavy atom. The molecule has 2 rings (SSSR count). The monoisotopic (exact) mass is 362 g/mol. The number of guanidine groups is 1. The summed E-state index contributed by atoms with van der Waals surface area (Å²) in [7, 11) is 3.50. The zero-order valence-corrected chi connectivity index (χ0v) is 16.8. The SMILES string of the molecule is CN=C(NCc1ccccc1CN1CC(C)OC(C)C1)NC(C)COC. The molecule has 0 amide bonds. The molecule has 1 saturated heterocycles. The smallest absolute Gasteiger partial charge is 0.191 e. The number of ether oxygens (including phenoxy) is 2. The second-order valence-electron chi connectivity index (χ2n) is 7.15. The van der Waals surface area contributed by atoms with Crippen LogP contribution in [-0.2, 0) is 22.6 Å². The Labute approximate surface area is 158 Å². The van der Waals surface area contributed by atoms with Gasteiger partial charge in [0.2, 0.25) is 0 Å². The summed E-state index contributed by atoms with van der Waals surface area (Å²) in [6, 6.07) is 8.81. The minimum absolute atomic E-state index is 0.206. The third-order valence-electron chi connectivity index (χ3n) is 4.48. The van der Waals surface area contributed by atoms with Crippen molar-refractivity contribution in [1.82, 2.24) is 15.5 Å². The van der Waals surface area contributed by atoms with Gasteiger partial charge in [0.25, 0.3) is 0 Å². The molecule has 0 radical (unpaired) electrons. The molecular weight excluding hydrogens is 328 g/mol. The molecule has 6 nitrogen and oxygen atoms in total. The van der Waals surface area contributed by atoms with E-state index in [1.54, 1.807) is 14.2 Å². The van der Waals surface area contributed by atoms with E-state index in [1.807, 2.05) is 0 Å². The lowest BCUT2D eigenvalue weighted by Crippen LogP contribution is -2.45. The number of methoxy groups -OCH3 is 1. The molecule has 3 atom stereocenters. The molecule has 3 unspecified atom stereocenters. The van der Waals surface area contributed by atoms with Crippen molar-refractivity contribution in [2.75, 3.05) is 33.9 Å². The van der Waals surface area contributed by atoms with Gasteiger partial charge in [-0.15, -0.1) is 0 Å². The molecule has 1 heterocycles. The fraction of sp³-hybridized carbons (Fsp3) is 0.650. The van der Waals surface area contributed by atoms with Gasteiger partial charge in [-0.25, -0.2) is 0 Å². The molecule has 1 aromatic carbocycles. The van der Waals surface area contributed by atoms with Crippen molar-refractivity contribution in [3.63, 3.8) is 0 Å². The lowest BCUT2D eigenvalue weighted by molar-refractivity contribution is -0.0705. The molecule has 1 fully saturated rings. The van der Waals surface area contributed by atoms with Gasteiger partial charge in [0.1, 0.15) is 0 Å². The van der Waals surface area contributed by atoms with E-state index in [0.717, 1.165) is 32.1 Å². The Bertz CT molecular complexity index is 569. The lowest BCUT2D eigenvalue weighted by Gasteiger charge is -2.35. The summed E-state index contributed by atoms with van der Waals surface area (Å²) < 4.78 is 11.0. The number of benzene rings is 1. The number of hydrogen-bond acceptors (Lipinski definition) is 4. The molecule has 0 saturated carbocycles. The van der Waals surface area contributed by atoms with Gasteiger partial charge >= 0.3 is 0 Å². The molecule has 0 aliphatic carbocycles. The largest absolute Gasteiger partial charge is 0.383 e. The third-order valence-corrected chi connectivity index (χ3v) is 4.48. The maximum Gasteiger partial charge on any atom is 0.191 e. The van der Waals surface area contributed by atoms with Crippen LogP contribution < -0.4 is 10.6 Å². The van der Waals surface area contributed by atoms with Crippen LogP contribution in [0.15, 0.2) is 29.3 Å². The summed E-state index contributed by atoms with van der Waals surface area (Å²) in [4.78, 5) is 6.78. The van der Waals surface area contributed by atoms with Gasteiger partial charge in [-0.2, -0.15) is 0 Å². The highest BCUT2D eigenvalue weighted by Crippen LogP contribution is 2.17. The molecule has 2 N–H and O–H groups in total. The van der Waals surface area contributed by atoms with Gasteiger partial charge in [-0.1, -0.05) is 24.3 Å². The summed E-state index contributed by atoms with van der Waals surface area (Å²) in [5, 5.41) is 6.75. The second-order valence-corrected chi connectivity index (χ2v) is 7.15. The minimum atomic E-state index is 0.206. The van der Waals surface area contributed by atoms with Gasteiger partial charge in [0.05, 0.1) is 18.8 Å². The van der Waals surface area contributed by atoms with E-state index < -0.39 is 0 Å². The van der Waals surface area contributed by atoms with Crippen molar-refractivity contribution < 1.29 is 9.47 Å². The van der Waals surface area contributed by atoms with E-state index >= 15 is 0 Å². The van der Waals surface area contributed by atoms with Crippen LogP contribution in [0.25, 0.3) is 0 Å². The van der Waals surface area contributed by atoms with Crippen molar-refractivity contribution in [3.8, 4) is 0 Å². The van der Waals surface area contributed by atoms with E-state index in [0.29, 0.717) is 6.61 Å². The number of nitrogens with one attached hydrogen (secondary N) is 2. The Morgan fingerprint density at radius 3 is 2.54 bits per heavy atom. The van der Waals surface area contributed by atoms with Crippen LogP contribution in [0.1, 0.15) is 31.9 Å². The summed E-state index contributed by atoms with van der Waals surface area (Å²) in [5.41, 5.74) is 2.64. The first kappa shape index (κ1) is 20.7. The third kappa shape index (κ3) is 6.59. The van der Waals surface area contributed by atoms with Crippen LogP contribution in [0.5, 0.6) is 0 Å². The molecule has 146 valence electrons. The predicted octanol–water partition coefficient (Wildman–Crippen LogP) is 2.00. The van der Waals surface area contributed by atoms with Gasteiger partial charge in [0.15, 0.2) is 5.96 Å². The number of rotatable bonds is 7. The van der Waals surface area contributed by atoms with Crippen molar-refractivity contribution in [1.29, 1.82) is 0 Å². The first-order valence-corrected chi connectivity index (χ1v) is 9.42. The van der Waals surface area contributed by atoms with Gasteiger partial charge < -0.3 is 20.1 Å². The van der Waals surface area contributed by atoms with Crippen molar-refractivity contribution in [2.45, 2.75) is 52.1 Å². The summed E-state index contributed by atoms with van der Waals surface area (Å²) in [6.45, 7) is 10.6. The summed E-state index contributed by atoms with van der Waals surface area (Å²) in [6.07, 6.45) is 0.573. The number of aliphatic imine (C=N–C) groups is 1. The Morgan fingerprint density at radius 1 is 1.27 bits per heavy atom. The minimum Gasteiger partial charge on any atom is -0.383 e. The Balaban J connectivity index is 1.95. The lowest BCUT2D eigenvalue weighted by atomic mass is 10.1. The highest BCUT2D eigenvalue weighted by Gasteiger charge is 2.22. The molecule has 0 bridgehead atoms. The van der Waals surface area contributed by atoms with Crippen molar-refractivity contribution in [3.05, 3.63) is 35.4 Å². The zero-order chi connectivity index (χ0) is 18.9. The van der Waals surface area contributed by atoms with Gasteiger partial charge in [0, 0.05) is 46.4 Å². The Hall–Kier alpha value is -1.63. The van der Waals surface area contributed by atoms with Crippen LogP contribution in [-0.4, -0.2) is 63.0 Å². The number of nitrogens with zero attached hydrogens (tertiary/aromatic N) is 2. The normalized spacial score (nSPS) is 22.9. The Kier molecular flexibility index (Phi) is 8.35. The maximum atomic E-state index is 5.85. The number of hydrogen-bond donors (Lipinski definition) is 2. The highest BCUT2D eigenvalue weighted by molar-refractivity contribution is 5.79. The second kappa shape index (κ2) is 10.5. The standard InChI is InChI=1S/C20H34N4O2/c1-15(14-25-5)23-20(21-4)22-10-18-8-6-7-9-19(18)13-24-11-16(2)26-17(3)12-24/h6-9,15-17H,10-14H2,1-5H3,(H2,21,22,23). The van der Waals surface area contributed by atoms with E-state index in [4.69, 9.17) is 9.47 Å². The maximum absolute atomic E-state index is 5.85. The fourth-order valence-corrected chi connectivity index (χ4v) is 3.44. The van der Waals surface area contributed by atoms with Crippen LogP contribution in [0.2, 0.25) is 0 Å². The van der Waals surface area contributed by atoms with E-state index in [-0.39, 0.29) is 18.2 Å². The molecule has 26 heavy (non-hydrogen) atoms. The van der Waals surface area contributed by atoms with Crippen LogP contribution in [0.4, 0.5) is 0 Å². The average molecular weight is 363 g/mol. The van der Waals surface area contributed by atoms with E-state index in [9.17, 15) is 0 Å².